The first kappa shape index (κ1) is 12.0. The predicted molar refractivity (Wildman–Crippen MR) is 62.7 cm³/mol. The molecular weight excluding hydrogens is 280 g/mol. The Balaban J connectivity index is 2.32. The molecule has 7 heteroatoms. The second-order valence-electron chi connectivity index (χ2n) is 3.68. The molecule has 0 amide bonds. The van der Waals surface area contributed by atoms with Gasteiger partial charge in [0.1, 0.15) is 5.01 Å². The fourth-order valence-electron chi connectivity index (χ4n) is 1.65. The molecule has 0 atom stereocenters. The molecule has 0 unspecified atom stereocenters. The van der Waals surface area contributed by atoms with Gasteiger partial charge >= 0.3 is 0 Å². The number of nitrogens with zero attached hydrogens (tertiary/aromatic N) is 2. The molecule has 96 valence electrons. The molecule has 2 heterocycles. The highest BCUT2D eigenvalue weighted by atomic mass is 32.1. The highest BCUT2D eigenvalue weighted by molar-refractivity contribution is 7.21. The predicted octanol–water partition coefficient (Wildman–Crippen LogP) is 3.91. The van der Waals surface area contributed by atoms with E-state index in [-0.39, 0.29) is 5.01 Å². The molecule has 3 aromatic rings. The molecule has 19 heavy (non-hydrogen) atoms. The molecule has 0 aliphatic carbocycles. The topological polar surface area (TPSA) is 25.8 Å². The van der Waals surface area contributed by atoms with E-state index < -0.39 is 29.1 Å². The van der Waals surface area contributed by atoms with Crippen LogP contribution in [-0.4, -0.2) is 9.97 Å². The Bertz CT molecular complexity index is 725. The van der Waals surface area contributed by atoms with Crippen molar-refractivity contribution in [2.75, 3.05) is 0 Å². The molecule has 1 aromatic carbocycles. The van der Waals surface area contributed by atoms with Gasteiger partial charge in [0.25, 0.3) is 11.9 Å². The van der Waals surface area contributed by atoms with Crippen molar-refractivity contribution < 1.29 is 17.6 Å². The molecule has 0 aliphatic rings. The summed E-state index contributed by atoms with van der Waals surface area (Å²) >= 11 is 0.944. The van der Waals surface area contributed by atoms with Crippen LogP contribution in [0.2, 0.25) is 0 Å². The van der Waals surface area contributed by atoms with Crippen molar-refractivity contribution >= 4 is 21.6 Å². The minimum absolute atomic E-state index is 0.128. The Morgan fingerprint density at radius 2 is 1.47 bits per heavy atom. The zero-order valence-corrected chi connectivity index (χ0v) is 9.94. The largest absolute Gasteiger partial charge is 0.252 e. The first-order valence-electron chi connectivity index (χ1n) is 5.14. The Hall–Kier alpha value is -2.02. The van der Waals surface area contributed by atoms with Gasteiger partial charge in [-0.25, -0.2) is 13.8 Å². The minimum Gasteiger partial charge on any atom is -0.236 e. The molecule has 0 N–H and O–H groups in total. The lowest BCUT2D eigenvalue weighted by Gasteiger charge is -2.02. The van der Waals surface area contributed by atoms with Crippen LogP contribution in [0.5, 0.6) is 0 Å². The van der Waals surface area contributed by atoms with Crippen LogP contribution in [0.4, 0.5) is 17.6 Å². The lowest BCUT2D eigenvalue weighted by molar-refractivity contribution is 0.410. The SMILES string of the molecule is Fc1nc(F)c(F)c(-c2nc3ccccc3s2)c1F. The number of aromatic nitrogens is 2. The van der Waals surface area contributed by atoms with Crippen LogP contribution in [0.3, 0.4) is 0 Å². The van der Waals surface area contributed by atoms with Gasteiger partial charge in [-0.1, -0.05) is 12.1 Å². The number of benzene rings is 1. The van der Waals surface area contributed by atoms with Crippen molar-refractivity contribution in [1.29, 1.82) is 0 Å². The smallest absolute Gasteiger partial charge is 0.236 e. The summed E-state index contributed by atoms with van der Waals surface area (Å²) in [7, 11) is 0. The molecule has 2 nitrogen and oxygen atoms in total. The van der Waals surface area contributed by atoms with Gasteiger partial charge in [0, 0.05) is 0 Å². The average Bonchev–Trinajstić information content (AvgIpc) is 2.80. The molecule has 0 aliphatic heterocycles. The highest BCUT2D eigenvalue weighted by Gasteiger charge is 2.24. The van der Waals surface area contributed by atoms with Crippen LogP contribution in [0.15, 0.2) is 24.3 Å². The van der Waals surface area contributed by atoms with Crippen molar-refractivity contribution in [3.63, 3.8) is 0 Å². The number of halogens is 4. The monoisotopic (exact) mass is 284 g/mol. The zero-order chi connectivity index (χ0) is 13.6. The molecule has 2 aromatic heterocycles. The molecule has 0 saturated heterocycles. The average molecular weight is 284 g/mol. The summed E-state index contributed by atoms with van der Waals surface area (Å²) in [6.45, 7) is 0. The third kappa shape index (κ3) is 1.86. The number of rotatable bonds is 1. The summed E-state index contributed by atoms with van der Waals surface area (Å²) in [5.74, 6) is -6.46. The van der Waals surface area contributed by atoms with Gasteiger partial charge < -0.3 is 0 Å². The van der Waals surface area contributed by atoms with Gasteiger partial charge in [0.05, 0.1) is 15.8 Å². The summed E-state index contributed by atoms with van der Waals surface area (Å²) in [5, 5.41) is -0.128. The van der Waals surface area contributed by atoms with Crippen LogP contribution in [0, 0.1) is 23.5 Å². The van der Waals surface area contributed by atoms with Crippen molar-refractivity contribution in [2.24, 2.45) is 0 Å². The van der Waals surface area contributed by atoms with E-state index in [4.69, 9.17) is 0 Å². The van der Waals surface area contributed by atoms with Crippen molar-refractivity contribution in [1.82, 2.24) is 9.97 Å². The molecule has 0 fully saturated rings. The summed E-state index contributed by atoms with van der Waals surface area (Å²) in [6, 6.07) is 6.76. The van der Waals surface area contributed by atoms with Crippen molar-refractivity contribution in [2.45, 2.75) is 0 Å². The molecule has 0 bridgehead atoms. The Kier molecular flexibility index (Phi) is 2.70. The third-order valence-corrected chi connectivity index (χ3v) is 3.56. The number of para-hydroxylation sites is 1. The Labute approximate surface area is 108 Å². The number of fused-ring (bicyclic) bond motifs is 1. The number of hydrogen-bond acceptors (Lipinski definition) is 3. The summed E-state index contributed by atoms with van der Waals surface area (Å²) in [4.78, 5) is 6.47. The summed E-state index contributed by atoms with van der Waals surface area (Å²) in [6.07, 6.45) is 0. The fraction of sp³-hybridized carbons (Fsp3) is 0. The van der Waals surface area contributed by atoms with E-state index >= 15 is 0 Å². The van der Waals surface area contributed by atoms with Crippen LogP contribution in [-0.2, 0) is 0 Å². The van der Waals surface area contributed by atoms with E-state index in [0.29, 0.717) is 10.2 Å². The van der Waals surface area contributed by atoms with E-state index in [1.54, 1.807) is 24.3 Å². The van der Waals surface area contributed by atoms with Crippen LogP contribution >= 0.6 is 11.3 Å². The van der Waals surface area contributed by atoms with E-state index in [0.717, 1.165) is 11.3 Å². The highest BCUT2D eigenvalue weighted by Crippen LogP contribution is 2.34. The lowest BCUT2D eigenvalue weighted by atomic mass is 10.2. The maximum atomic E-state index is 13.6. The van der Waals surface area contributed by atoms with Crippen LogP contribution < -0.4 is 0 Å². The van der Waals surface area contributed by atoms with Gasteiger partial charge in [-0.3, -0.25) is 0 Å². The van der Waals surface area contributed by atoms with E-state index in [1.807, 2.05) is 0 Å². The van der Waals surface area contributed by atoms with Gasteiger partial charge in [-0.2, -0.15) is 13.8 Å². The van der Waals surface area contributed by atoms with Crippen molar-refractivity contribution in [3.05, 3.63) is 47.8 Å². The maximum Gasteiger partial charge on any atom is 0.252 e. The van der Waals surface area contributed by atoms with Crippen molar-refractivity contribution in [3.8, 4) is 10.6 Å². The normalized spacial score (nSPS) is 11.2. The Morgan fingerprint density at radius 1 is 0.842 bits per heavy atom. The minimum atomic E-state index is -1.69. The lowest BCUT2D eigenvalue weighted by Crippen LogP contribution is -2.02. The first-order chi connectivity index (χ1) is 9.08. The van der Waals surface area contributed by atoms with E-state index in [2.05, 4.69) is 9.97 Å². The summed E-state index contributed by atoms with van der Waals surface area (Å²) in [5.41, 5.74) is -0.329. The summed E-state index contributed by atoms with van der Waals surface area (Å²) < 4.78 is 53.9. The maximum absolute atomic E-state index is 13.6. The number of pyridine rings is 1. The first-order valence-corrected chi connectivity index (χ1v) is 5.95. The van der Waals surface area contributed by atoms with Crippen LogP contribution in [0.25, 0.3) is 20.8 Å². The van der Waals surface area contributed by atoms with Gasteiger partial charge in [-0.15, -0.1) is 11.3 Å². The van der Waals surface area contributed by atoms with Gasteiger partial charge in [0.2, 0.25) is 0 Å². The molecule has 0 saturated carbocycles. The number of hydrogen-bond donors (Lipinski definition) is 0. The molecule has 0 spiro atoms. The van der Waals surface area contributed by atoms with Gasteiger partial charge in [0.15, 0.2) is 11.6 Å². The quantitative estimate of drug-likeness (QED) is 0.500. The second kappa shape index (κ2) is 4.27. The third-order valence-electron chi connectivity index (χ3n) is 2.51. The van der Waals surface area contributed by atoms with Crippen LogP contribution in [0.1, 0.15) is 0 Å². The Morgan fingerprint density at radius 3 is 2.11 bits per heavy atom. The van der Waals surface area contributed by atoms with Gasteiger partial charge in [-0.05, 0) is 12.1 Å². The fourth-order valence-corrected chi connectivity index (χ4v) is 2.65. The second-order valence-corrected chi connectivity index (χ2v) is 4.71. The van der Waals surface area contributed by atoms with E-state index in [9.17, 15) is 17.6 Å². The standard InChI is InChI=1S/C12H4F4N2S/c13-8-7(9(14)11(16)18-10(8)15)12-17-5-3-1-2-4-6(5)19-12/h1-4H. The number of thiazole rings is 1. The zero-order valence-electron chi connectivity index (χ0n) is 9.12. The molecular formula is C12H4F4N2S. The molecule has 0 radical (unpaired) electrons. The van der Waals surface area contributed by atoms with E-state index in [1.165, 1.54) is 0 Å². The molecule has 3 rings (SSSR count).